The average molecular weight is 312 g/mol. The summed E-state index contributed by atoms with van der Waals surface area (Å²) in [6.07, 6.45) is 2.87. The van der Waals surface area contributed by atoms with E-state index in [-0.39, 0.29) is 6.43 Å². The number of nitrogens with zero attached hydrogens (tertiary/aromatic N) is 1. The van der Waals surface area contributed by atoms with Gasteiger partial charge in [-0.3, -0.25) is 0 Å². The minimum atomic E-state index is -1.42. The lowest BCUT2D eigenvalue weighted by molar-refractivity contribution is -0.0985. The number of rotatable bonds is 3. The molecule has 0 aliphatic heterocycles. The van der Waals surface area contributed by atoms with Crippen molar-refractivity contribution in [2.45, 2.75) is 39.4 Å². The summed E-state index contributed by atoms with van der Waals surface area (Å²) in [5.74, 6) is 5.70. The predicted octanol–water partition coefficient (Wildman–Crippen LogP) is 4.72. The highest BCUT2D eigenvalue weighted by molar-refractivity contribution is 8.09. The van der Waals surface area contributed by atoms with Crippen LogP contribution >= 0.6 is 7.14 Å². The Morgan fingerprint density at radius 1 is 1.18 bits per heavy atom. The molecule has 0 saturated heterocycles. The first kappa shape index (κ1) is 16.1. The van der Waals surface area contributed by atoms with Crippen LogP contribution in [0.1, 0.15) is 33.6 Å². The largest absolute Gasteiger partial charge is 0.248 e. The van der Waals surface area contributed by atoms with Gasteiger partial charge in [0.2, 0.25) is 0 Å². The van der Waals surface area contributed by atoms with Gasteiger partial charge in [0.25, 0.3) is 0 Å². The molecular formula is C19H28BNP. The molecular weight excluding hydrogens is 284 g/mol. The molecule has 3 saturated carbocycles. The lowest BCUT2D eigenvalue weighted by atomic mass is 9.37. The second kappa shape index (κ2) is 5.38. The Morgan fingerprint density at radius 3 is 2.32 bits per heavy atom. The van der Waals surface area contributed by atoms with Gasteiger partial charge in [-0.05, 0) is 35.8 Å². The van der Waals surface area contributed by atoms with Crippen molar-refractivity contribution < 1.29 is 0 Å². The quantitative estimate of drug-likeness (QED) is 0.585. The van der Waals surface area contributed by atoms with Crippen LogP contribution in [0.4, 0.5) is 0 Å². The van der Waals surface area contributed by atoms with Crippen molar-refractivity contribution in [1.82, 2.24) is 0 Å². The molecule has 4 rings (SSSR count). The minimum Gasteiger partial charge on any atom is -0.248 e. The third-order valence-electron chi connectivity index (χ3n) is 7.07. The van der Waals surface area contributed by atoms with Crippen molar-refractivity contribution in [2.24, 2.45) is 23.2 Å². The molecule has 2 bridgehead atoms. The van der Waals surface area contributed by atoms with Crippen LogP contribution in [0.15, 0.2) is 30.3 Å². The summed E-state index contributed by atoms with van der Waals surface area (Å²) in [5, 5.41) is 11.4. The van der Waals surface area contributed by atoms with Gasteiger partial charge in [0.1, 0.15) is 0 Å². The molecule has 0 N–H and O–H groups in total. The molecule has 22 heavy (non-hydrogen) atoms. The number of benzene rings is 1. The highest BCUT2D eigenvalue weighted by Gasteiger charge is 2.57. The molecule has 3 fully saturated rings. The second-order valence-electron chi connectivity index (χ2n) is 8.57. The standard InChI is InChI=1S/C19H28BNP/c1-14-17-11-15(19(17,2)3)12-18(14)20(13-21)22(4,5)16-9-7-6-8-10-16/h6-10,14-15,17-18H,11-12H2,1-5H3/t14-,15+,17-,18-/m1/s1. The van der Waals surface area contributed by atoms with Gasteiger partial charge in [0, 0.05) is 18.6 Å². The van der Waals surface area contributed by atoms with E-state index in [1.165, 1.54) is 18.1 Å². The number of fused-ring (bicyclic) bond motifs is 2. The molecule has 0 unspecified atom stereocenters. The van der Waals surface area contributed by atoms with Crippen molar-refractivity contribution in [1.29, 1.82) is 5.26 Å². The molecule has 117 valence electrons. The van der Waals surface area contributed by atoms with E-state index in [1.807, 2.05) is 0 Å². The van der Waals surface area contributed by atoms with Gasteiger partial charge in [0.05, 0.1) is 0 Å². The fraction of sp³-hybridized carbons (Fsp3) is 0.632. The molecule has 1 aromatic rings. The van der Waals surface area contributed by atoms with Crippen LogP contribution in [0.3, 0.4) is 0 Å². The van der Waals surface area contributed by atoms with Crippen molar-refractivity contribution in [3.05, 3.63) is 30.3 Å². The van der Waals surface area contributed by atoms with E-state index >= 15 is 0 Å². The summed E-state index contributed by atoms with van der Waals surface area (Å²) in [5.41, 5.74) is 0.505. The highest BCUT2D eigenvalue weighted by Crippen LogP contribution is 2.69. The molecule has 1 radical (unpaired) electrons. The first-order chi connectivity index (χ1) is 10.3. The molecule has 0 spiro atoms. The van der Waals surface area contributed by atoms with Crippen molar-refractivity contribution >= 4 is 18.9 Å². The Labute approximate surface area is 136 Å². The minimum absolute atomic E-state index is 0.214. The van der Waals surface area contributed by atoms with E-state index < -0.39 is 7.14 Å². The first-order valence-electron chi connectivity index (χ1n) is 8.59. The van der Waals surface area contributed by atoms with Gasteiger partial charge < -0.3 is 0 Å². The van der Waals surface area contributed by atoms with Crippen LogP contribution in [0, 0.1) is 34.4 Å². The van der Waals surface area contributed by atoms with Crippen molar-refractivity contribution in [2.75, 3.05) is 13.3 Å². The maximum atomic E-state index is 10.0. The SMILES string of the molecule is C[C@@H]1[C@H]2C[C@@H](C[C@H]1[B-](C#N)[P+](C)(C)c1ccccc1)C2(C)C. The predicted molar refractivity (Wildman–Crippen MR) is 99.1 cm³/mol. The molecule has 3 aliphatic rings. The molecule has 1 aromatic carbocycles. The maximum Gasteiger partial charge on any atom is 0.195 e. The van der Waals surface area contributed by atoms with Crippen LogP contribution < -0.4 is 5.30 Å². The molecule has 1 nitrogen and oxygen atoms in total. The third kappa shape index (κ3) is 2.25. The molecule has 3 heteroatoms. The zero-order chi connectivity index (χ0) is 16.1. The Morgan fingerprint density at radius 2 is 1.82 bits per heavy atom. The maximum absolute atomic E-state index is 10.0. The number of nitriles is 1. The smallest absolute Gasteiger partial charge is 0.195 e. The summed E-state index contributed by atoms with van der Waals surface area (Å²) in [7, 11) is -1.42. The van der Waals surface area contributed by atoms with E-state index in [1.54, 1.807) is 0 Å². The van der Waals surface area contributed by atoms with E-state index in [0.29, 0.717) is 17.2 Å². The van der Waals surface area contributed by atoms with E-state index in [4.69, 9.17) is 0 Å². The Hall–Kier alpha value is -0.795. The molecule has 0 aromatic heterocycles. The summed E-state index contributed by atoms with van der Waals surface area (Å²) in [6, 6.07) is 10.8. The first-order valence-corrected chi connectivity index (χ1v) is 11.3. The molecule has 3 aliphatic carbocycles. The van der Waals surface area contributed by atoms with Gasteiger partial charge in [-0.1, -0.05) is 51.3 Å². The normalized spacial score (nSPS) is 33.1. The van der Waals surface area contributed by atoms with Crippen molar-refractivity contribution in [3.8, 4) is 5.97 Å². The van der Waals surface area contributed by atoms with Gasteiger partial charge in [-0.25, -0.2) is 5.26 Å². The van der Waals surface area contributed by atoms with Crippen LogP contribution in [-0.2, 0) is 0 Å². The number of hydrogen-bond donors (Lipinski definition) is 0. The molecule has 0 heterocycles. The summed E-state index contributed by atoms with van der Waals surface area (Å²) in [4.78, 5) is 0. The molecule has 0 amide bonds. The van der Waals surface area contributed by atoms with E-state index in [9.17, 15) is 5.26 Å². The monoisotopic (exact) mass is 312 g/mol. The van der Waals surface area contributed by atoms with Crippen LogP contribution in [0.5, 0.6) is 0 Å². The van der Waals surface area contributed by atoms with Gasteiger partial charge in [-0.2, -0.15) is 0 Å². The fourth-order valence-electron chi connectivity index (χ4n) is 5.30. The third-order valence-corrected chi connectivity index (χ3v) is 10.6. The van der Waals surface area contributed by atoms with Gasteiger partial charge >= 0.3 is 0 Å². The van der Waals surface area contributed by atoms with E-state index in [2.05, 4.69) is 70.4 Å². The van der Waals surface area contributed by atoms with Crippen LogP contribution in [0.25, 0.3) is 0 Å². The summed E-state index contributed by atoms with van der Waals surface area (Å²) < 4.78 is 0. The van der Waals surface area contributed by atoms with Gasteiger partial charge in [-0.15, -0.1) is 18.9 Å². The lowest BCUT2D eigenvalue weighted by Gasteiger charge is -2.65. The van der Waals surface area contributed by atoms with E-state index in [0.717, 1.165) is 11.8 Å². The van der Waals surface area contributed by atoms with Crippen LogP contribution in [-0.4, -0.2) is 19.8 Å². The summed E-state index contributed by atoms with van der Waals surface area (Å²) in [6.45, 7) is 12.0. The Kier molecular flexibility index (Phi) is 3.93. The zero-order valence-electron chi connectivity index (χ0n) is 14.6. The Bertz CT molecular complexity index is 589. The second-order valence-corrected chi connectivity index (χ2v) is 12.7. The fourth-order valence-corrected chi connectivity index (χ4v) is 8.20. The Balaban J connectivity index is 1.89. The molecule has 4 atom stereocenters. The number of hydrogen-bond acceptors (Lipinski definition) is 1. The topological polar surface area (TPSA) is 23.8 Å². The highest BCUT2D eigenvalue weighted by atomic mass is 31.2. The summed E-state index contributed by atoms with van der Waals surface area (Å²) >= 11 is 0. The lowest BCUT2D eigenvalue weighted by Crippen LogP contribution is -2.56. The van der Waals surface area contributed by atoms with Crippen LogP contribution in [0.2, 0.25) is 5.82 Å². The van der Waals surface area contributed by atoms with Gasteiger partial charge in [0.15, 0.2) is 6.43 Å². The van der Waals surface area contributed by atoms with Crippen molar-refractivity contribution in [3.63, 3.8) is 0 Å². The average Bonchev–Trinajstić information content (AvgIpc) is 2.49. The zero-order valence-corrected chi connectivity index (χ0v) is 15.5.